The zero-order valence-electron chi connectivity index (χ0n) is 13.0. The normalized spacial score (nSPS) is 22.1. The fourth-order valence-corrected chi connectivity index (χ4v) is 3.53. The minimum Gasteiger partial charge on any atom is -0.383 e. The third-order valence-corrected chi connectivity index (χ3v) is 4.68. The summed E-state index contributed by atoms with van der Waals surface area (Å²) in [7, 11) is 0. The predicted molar refractivity (Wildman–Crippen MR) is 94.3 cm³/mol. The lowest BCUT2D eigenvalue weighted by Crippen LogP contribution is -2.38. The van der Waals surface area contributed by atoms with Crippen molar-refractivity contribution in [3.63, 3.8) is 0 Å². The van der Waals surface area contributed by atoms with Crippen LogP contribution >= 0.6 is 0 Å². The van der Waals surface area contributed by atoms with Gasteiger partial charge in [-0.05, 0) is 41.3 Å². The summed E-state index contributed by atoms with van der Waals surface area (Å²) in [4.78, 5) is 0. The molecule has 0 fully saturated rings. The van der Waals surface area contributed by atoms with Crippen LogP contribution in [0.3, 0.4) is 0 Å². The van der Waals surface area contributed by atoms with Gasteiger partial charge in [-0.2, -0.15) is 0 Å². The molecule has 1 aliphatic rings. The van der Waals surface area contributed by atoms with Crippen molar-refractivity contribution in [2.45, 2.75) is 18.6 Å². The molecule has 0 saturated carbocycles. The lowest BCUT2D eigenvalue weighted by atomic mass is 9.73. The highest BCUT2D eigenvalue weighted by Gasteiger charge is 2.41. The van der Waals surface area contributed by atoms with Crippen molar-refractivity contribution < 1.29 is 5.11 Å². The maximum absolute atomic E-state index is 11.3. The predicted octanol–water partition coefficient (Wildman–Crippen LogP) is 4.73. The zero-order valence-corrected chi connectivity index (χ0v) is 13.0. The number of nitrogens with one attached hydrogen (secondary N) is 1. The van der Waals surface area contributed by atoms with Crippen LogP contribution in [0.4, 0.5) is 5.69 Å². The number of anilines is 1. The highest BCUT2D eigenvalue weighted by Crippen LogP contribution is 2.48. The summed E-state index contributed by atoms with van der Waals surface area (Å²) in [6, 6.07) is 26.3. The van der Waals surface area contributed by atoms with Gasteiger partial charge in [-0.1, -0.05) is 66.7 Å². The van der Waals surface area contributed by atoms with Crippen LogP contribution in [0, 0.1) is 0 Å². The lowest BCUT2D eigenvalue weighted by molar-refractivity contribution is 0.0342. The molecule has 3 aromatic carbocycles. The average molecular weight is 301 g/mol. The van der Waals surface area contributed by atoms with Crippen molar-refractivity contribution in [3.05, 3.63) is 90.0 Å². The Balaban J connectivity index is 1.89. The topological polar surface area (TPSA) is 32.3 Å². The monoisotopic (exact) mass is 301 g/mol. The Kier molecular flexibility index (Phi) is 3.21. The van der Waals surface area contributed by atoms with E-state index < -0.39 is 5.60 Å². The van der Waals surface area contributed by atoms with Crippen molar-refractivity contribution >= 4 is 5.69 Å². The number of rotatable bonds is 2. The molecular weight excluding hydrogens is 282 g/mol. The van der Waals surface area contributed by atoms with Crippen molar-refractivity contribution in [2.75, 3.05) is 5.32 Å². The molecule has 0 radical (unpaired) electrons. The highest BCUT2D eigenvalue weighted by molar-refractivity contribution is 5.76. The molecule has 114 valence electrons. The first-order chi connectivity index (χ1) is 11.2. The average Bonchev–Trinajstić information content (AvgIpc) is 2.60. The van der Waals surface area contributed by atoms with E-state index in [1.807, 2.05) is 61.5 Å². The van der Waals surface area contributed by atoms with Gasteiger partial charge in [-0.3, -0.25) is 0 Å². The van der Waals surface area contributed by atoms with Crippen LogP contribution in [-0.4, -0.2) is 5.11 Å². The van der Waals surface area contributed by atoms with Crippen LogP contribution < -0.4 is 5.32 Å². The first-order valence-corrected chi connectivity index (χ1v) is 7.91. The molecule has 0 amide bonds. The molecule has 0 heterocycles. The second kappa shape index (κ2) is 5.25. The van der Waals surface area contributed by atoms with E-state index in [1.54, 1.807) is 0 Å². The van der Waals surface area contributed by atoms with Crippen LogP contribution in [0.15, 0.2) is 78.9 Å². The van der Waals surface area contributed by atoms with Crippen LogP contribution in [0.2, 0.25) is 0 Å². The Labute approximate surface area is 136 Å². The Hall–Kier alpha value is -2.58. The van der Waals surface area contributed by atoms with Gasteiger partial charge in [-0.15, -0.1) is 0 Å². The molecule has 2 atom stereocenters. The van der Waals surface area contributed by atoms with Crippen molar-refractivity contribution in [3.8, 4) is 11.1 Å². The number of benzene rings is 3. The molecular formula is C21H19NO. The van der Waals surface area contributed by atoms with Gasteiger partial charge in [0.2, 0.25) is 0 Å². The van der Waals surface area contributed by atoms with Gasteiger partial charge in [0.1, 0.15) is 5.60 Å². The molecule has 0 unspecified atom stereocenters. The van der Waals surface area contributed by atoms with E-state index in [2.05, 4.69) is 29.6 Å². The Morgan fingerprint density at radius 3 is 2.17 bits per heavy atom. The van der Waals surface area contributed by atoms with Crippen LogP contribution in [-0.2, 0) is 5.60 Å². The van der Waals surface area contributed by atoms with E-state index in [0.29, 0.717) is 0 Å². The molecule has 1 aliphatic carbocycles. The van der Waals surface area contributed by atoms with Crippen LogP contribution in [0.25, 0.3) is 11.1 Å². The smallest absolute Gasteiger partial charge is 0.112 e. The lowest BCUT2D eigenvalue weighted by Gasteiger charge is -2.41. The van der Waals surface area contributed by atoms with Gasteiger partial charge < -0.3 is 10.4 Å². The number of fused-ring (bicyclic) bond motifs is 3. The van der Waals surface area contributed by atoms with E-state index in [1.165, 1.54) is 5.56 Å². The molecule has 0 aliphatic heterocycles. The molecule has 3 aromatic rings. The van der Waals surface area contributed by atoms with Gasteiger partial charge in [0.25, 0.3) is 0 Å². The van der Waals surface area contributed by atoms with Crippen molar-refractivity contribution in [1.29, 1.82) is 0 Å². The summed E-state index contributed by atoms with van der Waals surface area (Å²) >= 11 is 0. The third kappa shape index (κ3) is 2.23. The first-order valence-electron chi connectivity index (χ1n) is 7.91. The standard InChI is InChI=1S/C21H19NO/c1-21(23)19-14-8-7-12-17(19)16-11-5-6-13-18(16)20(21)22-15-9-3-2-4-10-15/h2-14,20,22-23H,1H3/t20-,21-/m0/s1. The van der Waals surface area contributed by atoms with E-state index in [9.17, 15) is 5.11 Å². The van der Waals surface area contributed by atoms with Crippen molar-refractivity contribution in [1.82, 2.24) is 0 Å². The van der Waals surface area contributed by atoms with Gasteiger partial charge in [0, 0.05) is 5.69 Å². The maximum atomic E-state index is 11.3. The third-order valence-electron chi connectivity index (χ3n) is 4.68. The summed E-state index contributed by atoms with van der Waals surface area (Å²) in [6.07, 6.45) is 0. The fraction of sp³-hybridized carbons (Fsp3) is 0.143. The number of para-hydroxylation sites is 1. The van der Waals surface area contributed by atoms with E-state index in [-0.39, 0.29) is 6.04 Å². The molecule has 2 nitrogen and oxygen atoms in total. The molecule has 0 saturated heterocycles. The quantitative estimate of drug-likeness (QED) is 0.717. The minimum absolute atomic E-state index is 0.198. The van der Waals surface area contributed by atoms with Gasteiger partial charge in [0.15, 0.2) is 0 Å². The molecule has 0 aromatic heterocycles. The largest absolute Gasteiger partial charge is 0.383 e. The van der Waals surface area contributed by atoms with E-state index in [0.717, 1.165) is 22.4 Å². The first kappa shape index (κ1) is 14.0. The highest BCUT2D eigenvalue weighted by atomic mass is 16.3. The Bertz CT molecular complexity index is 839. The van der Waals surface area contributed by atoms with Crippen LogP contribution in [0.1, 0.15) is 24.1 Å². The molecule has 2 heteroatoms. The molecule has 0 bridgehead atoms. The van der Waals surface area contributed by atoms with Gasteiger partial charge in [-0.25, -0.2) is 0 Å². The second-order valence-electron chi connectivity index (χ2n) is 6.22. The van der Waals surface area contributed by atoms with Gasteiger partial charge in [0.05, 0.1) is 6.04 Å². The summed E-state index contributed by atoms with van der Waals surface area (Å²) in [5.41, 5.74) is 4.40. The molecule has 0 spiro atoms. The summed E-state index contributed by atoms with van der Waals surface area (Å²) in [6.45, 7) is 1.89. The number of aliphatic hydroxyl groups is 1. The minimum atomic E-state index is -0.985. The van der Waals surface area contributed by atoms with E-state index in [4.69, 9.17) is 0 Å². The second-order valence-corrected chi connectivity index (χ2v) is 6.22. The fourth-order valence-electron chi connectivity index (χ4n) is 3.53. The summed E-state index contributed by atoms with van der Waals surface area (Å²) < 4.78 is 0. The maximum Gasteiger partial charge on any atom is 0.112 e. The summed E-state index contributed by atoms with van der Waals surface area (Å²) in [5.74, 6) is 0. The van der Waals surface area contributed by atoms with Gasteiger partial charge >= 0.3 is 0 Å². The summed E-state index contributed by atoms with van der Waals surface area (Å²) in [5, 5.41) is 14.9. The number of hydrogen-bond donors (Lipinski definition) is 2. The molecule has 4 rings (SSSR count). The molecule has 23 heavy (non-hydrogen) atoms. The SMILES string of the molecule is C[C@]1(O)c2ccccc2-c2ccccc2[C@@H]1Nc1ccccc1. The molecule has 2 N–H and O–H groups in total. The Morgan fingerprint density at radius 2 is 1.39 bits per heavy atom. The van der Waals surface area contributed by atoms with Crippen molar-refractivity contribution in [2.24, 2.45) is 0 Å². The zero-order chi connectivity index (χ0) is 15.9. The van der Waals surface area contributed by atoms with E-state index >= 15 is 0 Å². The number of hydrogen-bond acceptors (Lipinski definition) is 2. The van der Waals surface area contributed by atoms with Crippen LogP contribution in [0.5, 0.6) is 0 Å². The Morgan fingerprint density at radius 1 is 0.783 bits per heavy atom.